The number of ether oxygens (including phenoxy) is 1. The van der Waals surface area contributed by atoms with Gasteiger partial charge in [-0.1, -0.05) is 32.0 Å². The highest BCUT2D eigenvalue weighted by Gasteiger charge is 2.08. The SMILES string of the molecule is CCOc1cccc(-c2ccc(CNC(C)C)c(=O)n2C)c1. The Balaban J connectivity index is 2.35. The van der Waals surface area contributed by atoms with E-state index in [0.29, 0.717) is 19.2 Å². The Hall–Kier alpha value is -2.07. The molecule has 118 valence electrons. The second kappa shape index (κ2) is 7.27. The summed E-state index contributed by atoms with van der Waals surface area (Å²) < 4.78 is 7.23. The highest BCUT2D eigenvalue weighted by molar-refractivity contribution is 5.61. The zero-order chi connectivity index (χ0) is 16.1. The van der Waals surface area contributed by atoms with Crippen molar-refractivity contribution in [2.24, 2.45) is 7.05 Å². The Kier molecular flexibility index (Phi) is 5.39. The first kappa shape index (κ1) is 16.3. The van der Waals surface area contributed by atoms with Crippen LogP contribution in [0.1, 0.15) is 26.3 Å². The Morgan fingerprint density at radius 2 is 2.00 bits per heavy atom. The van der Waals surface area contributed by atoms with Crippen LogP contribution in [0.4, 0.5) is 0 Å². The van der Waals surface area contributed by atoms with Crippen LogP contribution in [0.2, 0.25) is 0 Å². The Morgan fingerprint density at radius 3 is 2.68 bits per heavy atom. The molecule has 0 spiro atoms. The van der Waals surface area contributed by atoms with E-state index in [2.05, 4.69) is 19.2 Å². The summed E-state index contributed by atoms with van der Waals surface area (Å²) in [6.45, 7) is 7.31. The summed E-state index contributed by atoms with van der Waals surface area (Å²) in [5.41, 5.74) is 2.68. The van der Waals surface area contributed by atoms with Gasteiger partial charge in [-0.25, -0.2) is 0 Å². The van der Waals surface area contributed by atoms with Crippen LogP contribution in [0.15, 0.2) is 41.2 Å². The normalized spacial score (nSPS) is 11.0. The van der Waals surface area contributed by atoms with E-state index in [1.807, 2.05) is 50.4 Å². The molecule has 22 heavy (non-hydrogen) atoms. The van der Waals surface area contributed by atoms with Crippen LogP contribution in [-0.4, -0.2) is 17.2 Å². The summed E-state index contributed by atoms with van der Waals surface area (Å²) in [5, 5.41) is 3.28. The molecule has 0 bridgehead atoms. The average molecular weight is 300 g/mol. The minimum absolute atomic E-state index is 0.0347. The molecule has 1 aromatic heterocycles. The van der Waals surface area contributed by atoms with E-state index in [-0.39, 0.29) is 5.56 Å². The third-order valence-corrected chi connectivity index (χ3v) is 3.52. The number of nitrogens with one attached hydrogen (secondary N) is 1. The van der Waals surface area contributed by atoms with Crippen LogP contribution >= 0.6 is 0 Å². The number of benzene rings is 1. The molecule has 2 aromatic rings. The highest BCUT2D eigenvalue weighted by Crippen LogP contribution is 2.22. The summed E-state index contributed by atoms with van der Waals surface area (Å²) in [6, 6.07) is 12.1. The first-order chi connectivity index (χ1) is 10.5. The number of hydrogen-bond acceptors (Lipinski definition) is 3. The van der Waals surface area contributed by atoms with Gasteiger partial charge in [0, 0.05) is 30.8 Å². The fourth-order valence-electron chi connectivity index (χ4n) is 2.34. The lowest BCUT2D eigenvalue weighted by molar-refractivity contribution is 0.340. The molecule has 1 heterocycles. The highest BCUT2D eigenvalue weighted by atomic mass is 16.5. The Morgan fingerprint density at radius 1 is 1.23 bits per heavy atom. The van der Waals surface area contributed by atoms with Crippen LogP contribution < -0.4 is 15.6 Å². The van der Waals surface area contributed by atoms with Gasteiger partial charge >= 0.3 is 0 Å². The number of aromatic nitrogens is 1. The molecule has 0 aliphatic rings. The van der Waals surface area contributed by atoms with Gasteiger partial charge in [0.25, 0.3) is 5.56 Å². The summed E-state index contributed by atoms with van der Waals surface area (Å²) >= 11 is 0. The van der Waals surface area contributed by atoms with Crippen LogP contribution in [0.25, 0.3) is 11.3 Å². The van der Waals surface area contributed by atoms with Crippen molar-refractivity contribution in [3.8, 4) is 17.0 Å². The van der Waals surface area contributed by atoms with Gasteiger partial charge in [-0.3, -0.25) is 4.79 Å². The maximum absolute atomic E-state index is 12.5. The van der Waals surface area contributed by atoms with Gasteiger partial charge in [0.2, 0.25) is 0 Å². The smallest absolute Gasteiger partial charge is 0.255 e. The van der Waals surface area contributed by atoms with E-state index in [9.17, 15) is 4.79 Å². The summed E-state index contributed by atoms with van der Waals surface area (Å²) in [4.78, 5) is 12.5. The van der Waals surface area contributed by atoms with Gasteiger partial charge in [0.05, 0.1) is 12.3 Å². The van der Waals surface area contributed by atoms with Crippen LogP contribution in [0, 0.1) is 0 Å². The van der Waals surface area contributed by atoms with E-state index < -0.39 is 0 Å². The first-order valence-electron chi connectivity index (χ1n) is 7.68. The van der Waals surface area contributed by atoms with E-state index in [1.54, 1.807) is 4.57 Å². The van der Waals surface area contributed by atoms with Crippen LogP contribution in [-0.2, 0) is 13.6 Å². The molecule has 1 N–H and O–H groups in total. The Labute approximate surface area is 131 Å². The molecule has 0 amide bonds. The topological polar surface area (TPSA) is 43.3 Å². The van der Waals surface area contributed by atoms with E-state index >= 15 is 0 Å². The first-order valence-corrected chi connectivity index (χ1v) is 7.68. The van der Waals surface area contributed by atoms with Crippen molar-refractivity contribution in [1.29, 1.82) is 0 Å². The predicted octanol–water partition coefficient (Wildman–Crippen LogP) is 2.95. The molecule has 0 radical (unpaired) electrons. The van der Waals surface area contributed by atoms with Crippen molar-refractivity contribution in [2.45, 2.75) is 33.4 Å². The molecule has 0 aliphatic carbocycles. The molecule has 0 saturated heterocycles. The Bertz CT molecular complexity index is 690. The second-order valence-corrected chi connectivity index (χ2v) is 5.60. The maximum Gasteiger partial charge on any atom is 0.255 e. The van der Waals surface area contributed by atoms with Crippen molar-refractivity contribution >= 4 is 0 Å². The van der Waals surface area contributed by atoms with Crippen molar-refractivity contribution in [3.63, 3.8) is 0 Å². The van der Waals surface area contributed by atoms with E-state index in [1.165, 1.54) is 0 Å². The van der Waals surface area contributed by atoms with Gasteiger partial charge < -0.3 is 14.6 Å². The third-order valence-electron chi connectivity index (χ3n) is 3.52. The fraction of sp³-hybridized carbons (Fsp3) is 0.389. The van der Waals surface area contributed by atoms with Gasteiger partial charge in [-0.05, 0) is 25.1 Å². The summed E-state index contributed by atoms with van der Waals surface area (Å²) in [6.07, 6.45) is 0. The number of rotatable bonds is 6. The lowest BCUT2D eigenvalue weighted by Crippen LogP contribution is -2.29. The lowest BCUT2D eigenvalue weighted by Gasteiger charge is -2.13. The molecule has 0 aliphatic heterocycles. The minimum Gasteiger partial charge on any atom is -0.494 e. The number of nitrogens with zero attached hydrogens (tertiary/aromatic N) is 1. The number of pyridine rings is 1. The van der Waals surface area contributed by atoms with Gasteiger partial charge in [0.1, 0.15) is 5.75 Å². The van der Waals surface area contributed by atoms with Crippen molar-refractivity contribution in [2.75, 3.05) is 6.61 Å². The molecule has 0 saturated carbocycles. The molecule has 4 nitrogen and oxygen atoms in total. The molecular weight excluding hydrogens is 276 g/mol. The third kappa shape index (κ3) is 3.77. The van der Waals surface area contributed by atoms with Gasteiger partial charge in [-0.15, -0.1) is 0 Å². The fourth-order valence-corrected chi connectivity index (χ4v) is 2.34. The molecular formula is C18H24N2O2. The molecule has 4 heteroatoms. The predicted molar refractivity (Wildman–Crippen MR) is 90.3 cm³/mol. The minimum atomic E-state index is 0.0347. The monoisotopic (exact) mass is 300 g/mol. The van der Waals surface area contributed by atoms with Crippen molar-refractivity contribution in [1.82, 2.24) is 9.88 Å². The quantitative estimate of drug-likeness (QED) is 0.892. The molecule has 0 fully saturated rings. The van der Waals surface area contributed by atoms with Crippen LogP contribution in [0.5, 0.6) is 5.75 Å². The summed E-state index contributed by atoms with van der Waals surface area (Å²) in [7, 11) is 1.81. The molecule has 1 aromatic carbocycles. The zero-order valence-electron chi connectivity index (χ0n) is 13.7. The molecule has 0 atom stereocenters. The van der Waals surface area contributed by atoms with Gasteiger partial charge in [-0.2, -0.15) is 0 Å². The average Bonchev–Trinajstić information content (AvgIpc) is 2.49. The standard InChI is InChI=1S/C18H24N2O2/c1-5-22-16-8-6-7-14(11-16)17-10-9-15(12-19-13(2)3)18(21)20(17)4/h6-11,13,19H,5,12H2,1-4H3. The molecule has 2 rings (SSSR count). The lowest BCUT2D eigenvalue weighted by atomic mass is 10.1. The van der Waals surface area contributed by atoms with Crippen molar-refractivity contribution in [3.05, 3.63) is 52.3 Å². The maximum atomic E-state index is 12.5. The van der Waals surface area contributed by atoms with Gasteiger partial charge in [0.15, 0.2) is 0 Å². The number of hydrogen-bond donors (Lipinski definition) is 1. The zero-order valence-corrected chi connectivity index (χ0v) is 13.7. The van der Waals surface area contributed by atoms with E-state index in [4.69, 9.17) is 4.74 Å². The van der Waals surface area contributed by atoms with Crippen LogP contribution in [0.3, 0.4) is 0 Å². The molecule has 0 unspecified atom stereocenters. The van der Waals surface area contributed by atoms with Crippen molar-refractivity contribution < 1.29 is 4.74 Å². The van der Waals surface area contributed by atoms with E-state index in [0.717, 1.165) is 22.6 Å². The second-order valence-electron chi connectivity index (χ2n) is 5.60. The summed E-state index contributed by atoms with van der Waals surface area (Å²) in [5.74, 6) is 0.818. The largest absolute Gasteiger partial charge is 0.494 e.